The van der Waals surface area contributed by atoms with Crippen LogP contribution in [0.4, 0.5) is 0 Å². The van der Waals surface area contributed by atoms with Gasteiger partial charge in [-0.1, -0.05) is 167 Å². The Morgan fingerprint density at radius 3 is 0.853 bits per heavy atom. The van der Waals surface area contributed by atoms with Crippen LogP contribution in [-0.2, 0) is 53.9 Å². The molecule has 0 fully saturated rings. The quantitative estimate of drug-likeness (QED) is 0.0794. The lowest BCUT2D eigenvalue weighted by atomic mass is 9.68. The van der Waals surface area contributed by atoms with Crippen molar-refractivity contribution in [1.29, 1.82) is 0 Å². The number of aliphatic carboxylic acids is 2. The van der Waals surface area contributed by atoms with Gasteiger partial charge in [0.05, 0.1) is 13.2 Å². The maximum atomic E-state index is 13.1. The summed E-state index contributed by atoms with van der Waals surface area (Å²) in [6.45, 7) is 38.0. The number of rotatable bonds is 7. The zero-order chi connectivity index (χ0) is 52.6. The number of hydrogen-bond acceptors (Lipinski definition) is 9. The number of aryl methyl sites for hydroxylation is 1. The Balaban J connectivity index is 0.00000113. The fourth-order valence-electron chi connectivity index (χ4n) is 7.27. The fourth-order valence-corrected chi connectivity index (χ4v) is 7.27. The molecule has 68 heavy (non-hydrogen) atoms. The van der Waals surface area contributed by atoms with Crippen molar-refractivity contribution in [1.82, 2.24) is 0 Å². The van der Waals surface area contributed by atoms with E-state index in [2.05, 4.69) is 41.5 Å². The molecule has 11 nitrogen and oxygen atoms in total. The average molecular weight is 965 g/mol. The van der Waals surface area contributed by atoms with Crippen molar-refractivity contribution < 1.29 is 55.5 Å². The van der Waals surface area contributed by atoms with Crippen LogP contribution in [0, 0.1) is 0 Å². The van der Waals surface area contributed by atoms with Crippen LogP contribution in [0.5, 0.6) is 28.7 Å². The molecule has 0 radical (unpaired) electrons. The number of aliphatic hydroxyl groups excluding tert-OH is 2. The highest BCUT2D eigenvalue weighted by molar-refractivity contribution is 5.86. The monoisotopic (exact) mass is 965 g/mol. The lowest BCUT2D eigenvalue weighted by Crippen LogP contribution is -2.36. The van der Waals surface area contributed by atoms with Crippen molar-refractivity contribution >= 4 is 22.9 Å². The van der Waals surface area contributed by atoms with Gasteiger partial charge in [-0.25, -0.2) is 0 Å². The van der Waals surface area contributed by atoms with E-state index in [0.29, 0.717) is 23.3 Å². The van der Waals surface area contributed by atoms with Gasteiger partial charge >= 0.3 is 11.9 Å². The number of carboxylic acid groups (broad SMARTS) is 2. The Kier molecular flexibility index (Phi) is 21.8. The SMILES string of the molecule is CC(C)(C)c1cc(C(C)(C(=O)O)c2cc(C(C)(C)C)c(O)c(C(C)(C)C)c2)cc(C(C)(C)C)c1O.CC(C)(C)c1cc(CCC(=O)O)cc(C(C)(C)C)c1O.OCCO.Oc1cccc(O)c1.[SiH4]. The molecule has 12 heteroatoms. The smallest absolute Gasteiger partial charge is 0.318 e. The lowest BCUT2D eigenvalue weighted by molar-refractivity contribution is -0.141. The molecule has 4 aromatic carbocycles. The molecule has 0 saturated carbocycles. The van der Waals surface area contributed by atoms with E-state index >= 15 is 0 Å². The summed E-state index contributed by atoms with van der Waals surface area (Å²) in [4.78, 5) is 23.9. The van der Waals surface area contributed by atoms with Gasteiger partial charge < -0.3 is 46.0 Å². The first-order valence-corrected chi connectivity index (χ1v) is 22.8. The van der Waals surface area contributed by atoms with Gasteiger partial charge in [-0.3, -0.25) is 9.59 Å². The van der Waals surface area contributed by atoms with Gasteiger partial charge in [0.1, 0.15) is 34.2 Å². The normalized spacial score (nSPS) is 12.2. The van der Waals surface area contributed by atoms with Gasteiger partial charge in [0.15, 0.2) is 0 Å². The first-order valence-electron chi connectivity index (χ1n) is 22.8. The van der Waals surface area contributed by atoms with Crippen molar-refractivity contribution in [3.8, 4) is 28.7 Å². The van der Waals surface area contributed by atoms with E-state index in [-0.39, 0.29) is 86.1 Å². The first-order chi connectivity index (χ1) is 30.1. The number of carbonyl (C=O) groups is 2. The Bertz CT molecular complexity index is 2100. The van der Waals surface area contributed by atoms with E-state index in [4.69, 9.17) is 25.5 Å². The van der Waals surface area contributed by atoms with Gasteiger partial charge in [-0.15, -0.1) is 0 Å². The summed E-state index contributed by atoms with van der Waals surface area (Å²) in [5, 5.41) is 85.1. The molecule has 0 amide bonds. The van der Waals surface area contributed by atoms with E-state index in [9.17, 15) is 30.0 Å². The predicted octanol–water partition coefficient (Wildman–Crippen LogP) is 10.3. The van der Waals surface area contributed by atoms with Crippen molar-refractivity contribution in [2.75, 3.05) is 13.2 Å². The summed E-state index contributed by atoms with van der Waals surface area (Å²) in [5.74, 6) is -0.823. The standard InChI is InChI=1S/C31H46O4.C17H26O3.C6H6O2.C2H6O2.H4Si/c1-27(2,3)20-14-18(15-21(24(20)32)28(4,5)6)31(13,26(34)35)19-16-22(29(7,8)9)25(33)23(17-19)30(10,11)12;1-16(2,3)12-9-11(7-8-14(18)19)10-13(15(12)20)17(4,5)6;7-5-2-1-3-6(8)4-5;3-1-2-4;/h14-17,32-33H,1-13H3,(H,34,35);9-10,20H,7-8H2,1-6H3,(H,18,19);1-4,7-8H;3-4H,1-2H2;1H4. The molecule has 0 unspecified atom stereocenters. The van der Waals surface area contributed by atoms with Crippen LogP contribution in [0.15, 0.2) is 60.7 Å². The third kappa shape index (κ3) is 17.2. The zero-order valence-electron chi connectivity index (χ0n) is 43.9. The number of aliphatic hydroxyl groups is 2. The van der Waals surface area contributed by atoms with Gasteiger partial charge in [0, 0.05) is 12.5 Å². The van der Waals surface area contributed by atoms with Crippen LogP contribution in [0.1, 0.15) is 188 Å². The minimum atomic E-state index is -1.40. The minimum absolute atomic E-state index is 0. The fraction of sp³-hybridized carbons (Fsp3) is 0.536. The molecule has 0 saturated heterocycles. The molecule has 0 aromatic heterocycles. The summed E-state index contributed by atoms with van der Waals surface area (Å²) in [5.41, 5.74) is 3.54. The van der Waals surface area contributed by atoms with E-state index in [1.807, 2.05) is 119 Å². The Morgan fingerprint density at radius 1 is 0.426 bits per heavy atom. The number of phenolic OH excluding ortho intramolecular Hbond substituents is 5. The second kappa shape index (κ2) is 23.5. The Morgan fingerprint density at radius 2 is 0.676 bits per heavy atom. The maximum absolute atomic E-state index is 13.1. The molecule has 9 N–H and O–H groups in total. The molecule has 0 bridgehead atoms. The second-order valence-electron chi connectivity index (χ2n) is 23.7. The first kappa shape index (κ1) is 63.0. The number of carboxylic acids is 2. The van der Waals surface area contributed by atoms with Gasteiger partial charge in [-0.2, -0.15) is 0 Å². The molecular formula is C56H88O11Si. The average Bonchev–Trinajstić information content (AvgIpc) is 3.15. The maximum Gasteiger partial charge on any atom is 0.318 e. The number of phenols is 5. The third-order valence-electron chi connectivity index (χ3n) is 11.4. The van der Waals surface area contributed by atoms with Crippen LogP contribution in [0.25, 0.3) is 0 Å². The van der Waals surface area contributed by atoms with Crippen LogP contribution < -0.4 is 0 Å². The molecule has 0 aliphatic carbocycles. The second-order valence-corrected chi connectivity index (χ2v) is 23.7. The summed E-state index contributed by atoms with van der Waals surface area (Å²) in [6, 6.07) is 17.1. The topological polar surface area (TPSA) is 216 Å². The van der Waals surface area contributed by atoms with Gasteiger partial charge in [0.2, 0.25) is 0 Å². The number of benzene rings is 4. The van der Waals surface area contributed by atoms with E-state index in [0.717, 1.165) is 38.9 Å². The summed E-state index contributed by atoms with van der Waals surface area (Å²) in [6.07, 6.45) is 0.597. The molecule has 0 spiro atoms. The Labute approximate surface area is 412 Å². The molecule has 382 valence electrons. The van der Waals surface area contributed by atoms with Crippen molar-refractivity contribution in [3.63, 3.8) is 0 Å². The largest absolute Gasteiger partial charge is 0.508 e. The molecule has 0 heterocycles. The van der Waals surface area contributed by atoms with Crippen LogP contribution in [-0.4, -0.2) is 82.1 Å². The van der Waals surface area contributed by atoms with E-state index in [1.54, 1.807) is 13.0 Å². The highest BCUT2D eigenvalue weighted by Crippen LogP contribution is 2.47. The summed E-state index contributed by atoms with van der Waals surface area (Å²) >= 11 is 0. The van der Waals surface area contributed by atoms with Crippen LogP contribution in [0.3, 0.4) is 0 Å². The molecule has 0 atom stereocenters. The van der Waals surface area contributed by atoms with Crippen molar-refractivity contribution in [2.24, 2.45) is 0 Å². The molecular weight excluding hydrogens is 877 g/mol. The van der Waals surface area contributed by atoms with Crippen molar-refractivity contribution in [3.05, 3.63) is 111 Å². The number of hydrogen-bond donors (Lipinski definition) is 9. The highest BCUT2D eigenvalue weighted by Gasteiger charge is 2.42. The molecule has 0 aliphatic rings. The Hall–Kier alpha value is -5.04. The molecule has 4 aromatic rings. The zero-order valence-corrected chi connectivity index (χ0v) is 43.9. The molecule has 4 rings (SSSR count). The van der Waals surface area contributed by atoms with E-state index < -0.39 is 17.4 Å². The minimum Gasteiger partial charge on any atom is -0.508 e. The lowest BCUT2D eigenvalue weighted by Gasteiger charge is -2.35. The third-order valence-corrected chi connectivity index (χ3v) is 11.4. The number of aromatic hydroxyl groups is 5. The van der Waals surface area contributed by atoms with E-state index in [1.165, 1.54) is 18.2 Å². The van der Waals surface area contributed by atoms with Crippen molar-refractivity contribution in [2.45, 2.75) is 182 Å². The predicted molar refractivity (Wildman–Crippen MR) is 282 cm³/mol. The highest BCUT2D eigenvalue weighted by atomic mass is 28.1. The van der Waals surface area contributed by atoms with Gasteiger partial charge in [0.25, 0.3) is 0 Å². The van der Waals surface area contributed by atoms with Crippen LogP contribution >= 0.6 is 0 Å². The summed E-state index contributed by atoms with van der Waals surface area (Å²) in [7, 11) is 0. The summed E-state index contributed by atoms with van der Waals surface area (Å²) < 4.78 is 0. The van der Waals surface area contributed by atoms with Crippen LogP contribution in [0.2, 0.25) is 0 Å². The van der Waals surface area contributed by atoms with Gasteiger partial charge in [-0.05, 0) is 119 Å². The molecule has 0 aliphatic heterocycles.